The lowest BCUT2D eigenvalue weighted by atomic mass is 10.0. The van der Waals surface area contributed by atoms with Crippen LogP contribution in [-0.4, -0.2) is 52.4 Å². The van der Waals surface area contributed by atoms with Crippen molar-refractivity contribution in [2.24, 2.45) is 7.05 Å². The summed E-state index contributed by atoms with van der Waals surface area (Å²) in [5, 5.41) is 7.69. The molecule has 1 aromatic carbocycles. The van der Waals surface area contributed by atoms with Gasteiger partial charge in [0, 0.05) is 57.0 Å². The summed E-state index contributed by atoms with van der Waals surface area (Å²) in [5.74, 6) is -0.0393. The molecule has 8 heteroatoms. The largest absolute Gasteiger partial charge is 0.376 e. The molecule has 1 N–H and O–H groups in total. The van der Waals surface area contributed by atoms with E-state index < -0.39 is 0 Å². The van der Waals surface area contributed by atoms with E-state index in [9.17, 15) is 9.59 Å². The summed E-state index contributed by atoms with van der Waals surface area (Å²) < 4.78 is 7.48. The number of aromatic nitrogens is 2. The number of anilines is 1. The van der Waals surface area contributed by atoms with Gasteiger partial charge in [-0.15, -0.1) is 0 Å². The van der Waals surface area contributed by atoms with Gasteiger partial charge in [-0.3, -0.25) is 9.48 Å². The number of carbonyl (C=O) groups excluding carboxylic acids is 2. The van der Waals surface area contributed by atoms with Crippen molar-refractivity contribution in [3.8, 4) is 0 Å². The number of amides is 3. The number of ether oxygens (including phenoxy) is 1. The molecule has 3 amide bonds. The molecule has 0 radical (unpaired) electrons. The number of hydrogen-bond acceptors (Lipinski definition) is 4. The van der Waals surface area contributed by atoms with Gasteiger partial charge in [0.25, 0.3) is 0 Å². The number of nitrogens with zero attached hydrogens (tertiary/aromatic N) is 4. The van der Waals surface area contributed by atoms with Crippen LogP contribution >= 0.6 is 0 Å². The summed E-state index contributed by atoms with van der Waals surface area (Å²) >= 11 is 0. The molecule has 0 saturated carbocycles. The molecular formula is C22H29N5O3. The minimum Gasteiger partial charge on any atom is -0.376 e. The first-order chi connectivity index (χ1) is 14.5. The Morgan fingerprint density at radius 2 is 2.10 bits per heavy atom. The van der Waals surface area contributed by atoms with Crippen molar-refractivity contribution >= 4 is 17.6 Å². The normalized spacial score (nSPS) is 18.2. The Labute approximate surface area is 176 Å². The van der Waals surface area contributed by atoms with Crippen molar-refractivity contribution in [1.29, 1.82) is 0 Å². The van der Waals surface area contributed by atoms with Crippen LogP contribution in [0.4, 0.5) is 10.5 Å². The van der Waals surface area contributed by atoms with E-state index in [1.54, 1.807) is 11.8 Å². The van der Waals surface area contributed by atoms with E-state index in [4.69, 9.17) is 4.74 Å². The van der Waals surface area contributed by atoms with E-state index in [-0.39, 0.29) is 18.0 Å². The predicted octanol–water partition coefficient (Wildman–Crippen LogP) is 2.22. The van der Waals surface area contributed by atoms with Crippen LogP contribution in [0.25, 0.3) is 0 Å². The second-order valence-electron chi connectivity index (χ2n) is 7.93. The third-order valence-electron chi connectivity index (χ3n) is 5.87. The molecule has 8 nitrogen and oxygen atoms in total. The third kappa shape index (κ3) is 4.33. The summed E-state index contributed by atoms with van der Waals surface area (Å²) in [6.45, 7) is 4.42. The lowest BCUT2D eigenvalue weighted by molar-refractivity contribution is -0.116. The van der Waals surface area contributed by atoms with Crippen molar-refractivity contribution in [3.05, 3.63) is 47.3 Å². The average molecular weight is 412 g/mol. The minimum absolute atomic E-state index is 0.0393. The highest BCUT2D eigenvalue weighted by Gasteiger charge is 2.28. The molecule has 2 aliphatic rings. The first-order valence-corrected chi connectivity index (χ1v) is 10.5. The fraction of sp³-hybridized carbons (Fsp3) is 0.500. The quantitative estimate of drug-likeness (QED) is 0.818. The number of aryl methyl sites for hydroxylation is 1. The summed E-state index contributed by atoms with van der Waals surface area (Å²) in [7, 11) is 1.93. The maximum Gasteiger partial charge on any atom is 0.317 e. The average Bonchev–Trinajstić information content (AvgIpc) is 3.38. The van der Waals surface area contributed by atoms with Crippen molar-refractivity contribution < 1.29 is 14.3 Å². The highest BCUT2D eigenvalue weighted by Crippen LogP contribution is 2.25. The molecular weight excluding hydrogens is 382 g/mol. The van der Waals surface area contributed by atoms with E-state index in [1.165, 1.54) is 0 Å². The van der Waals surface area contributed by atoms with Gasteiger partial charge < -0.3 is 19.9 Å². The van der Waals surface area contributed by atoms with Gasteiger partial charge in [0.2, 0.25) is 5.91 Å². The number of carbonyl (C=O) groups is 2. The highest BCUT2D eigenvalue weighted by atomic mass is 16.5. The molecule has 1 saturated heterocycles. The fourth-order valence-corrected chi connectivity index (χ4v) is 4.23. The van der Waals surface area contributed by atoms with Crippen LogP contribution in [0.15, 0.2) is 30.3 Å². The van der Waals surface area contributed by atoms with Crippen LogP contribution in [0.2, 0.25) is 0 Å². The monoisotopic (exact) mass is 411 g/mol. The van der Waals surface area contributed by atoms with Crippen LogP contribution in [-0.2, 0) is 36.1 Å². The van der Waals surface area contributed by atoms with E-state index in [0.29, 0.717) is 26.2 Å². The molecule has 1 fully saturated rings. The summed E-state index contributed by atoms with van der Waals surface area (Å²) in [4.78, 5) is 28.6. The summed E-state index contributed by atoms with van der Waals surface area (Å²) in [6, 6.07) is 9.52. The van der Waals surface area contributed by atoms with Gasteiger partial charge in [-0.1, -0.05) is 18.2 Å². The van der Waals surface area contributed by atoms with Crippen LogP contribution in [0, 0.1) is 0 Å². The van der Waals surface area contributed by atoms with E-state index in [1.807, 2.05) is 47.0 Å². The van der Waals surface area contributed by atoms with Crippen LogP contribution in [0.3, 0.4) is 0 Å². The minimum atomic E-state index is -0.0718. The molecule has 30 heavy (non-hydrogen) atoms. The van der Waals surface area contributed by atoms with E-state index in [2.05, 4.69) is 10.4 Å². The molecule has 0 bridgehead atoms. The molecule has 0 spiro atoms. The predicted molar refractivity (Wildman–Crippen MR) is 113 cm³/mol. The molecule has 4 rings (SSSR count). The Morgan fingerprint density at radius 3 is 2.80 bits per heavy atom. The summed E-state index contributed by atoms with van der Waals surface area (Å²) in [6.07, 6.45) is 2.92. The zero-order valence-electron chi connectivity index (χ0n) is 17.6. The molecule has 0 aliphatic carbocycles. The van der Waals surface area contributed by atoms with Crippen molar-refractivity contribution in [2.75, 3.05) is 24.6 Å². The van der Waals surface area contributed by atoms with Gasteiger partial charge in [-0.25, -0.2) is 4.79 Å². The molecule has 2 aromatic rings. The Hall–Kier alpha value is -2.87. The van der Waals surface area contributed by atoms with E-state index in [0.717, 1.165) is 48.5 Å². The number of urea groups is 1. The van der Waals surface area contributed by atoms with Gasteiger partial charge in [0.1, 0.15) is 0 Å². The molecule has 1 aromatic heterocycles. The number of nitrogens with one attached hydrogen (secondary N) is 1. The Morgan fingerprint density at radius 1 is 1.30 bits per heavy atom. The van der Waals surface area contributed by atoms with E-state index >= 15 is 0 Å². The van der Waals surface area contributed by atoms with Gasteiger partial charge >= 0.3 is 6.03 Å². The second-order valence-corrected chi connectivity index (χ2v) is 7.93. The number of benzene rings is 1. The Kier molecular flexibility index (Phi) is 6.03. The van der Waals surface area contributed by atoms with Gasteiger partial charge in [0.05, 0.1) is 24.9 Å². The molecule has 1 unspecified atom stereocenters. The first kappa shape index (κ1) is 20.4. The fourth-order valence-electron chi connectivity index (χ4n) is 4.23. The Balaban J connectivity index is 1.48. The Bertz CT molecular complexity index is 905. The van der Waals surface area contributed by atoms with Crippen molar-refractivity contribution in [2.45, 2.75) is 45.4 Å². The van der Waals surface area contributed by atoms with Crippen LogP contribution in [0.5, 0.6) is 0 Å². The maximum atomic E-state index is 12.7. The van der Waals surface area contributed by atoms with Crippen molar-refractivity contribution in [3.63, 3.8) is 0 Å². The first-order valence-electron chi connectivity index (χ1n) is 10.5. The van der Waals surface area contributed by atoms with Gasteiger partial charge in [-0.2, -0.15) is 5.10 Å². The third-order valence-corrected chi connectivity index (χ3v) is 5.87. The number of para-hydroxylation sites is 1. The molecule has 2 aliphatic heterocycles. The van der Waals surface area contributed by atoms with Gasteiger partial charge in [0.15, 0.2) is 0 Å². The standard InChI is InChI=1S/C22H29N5O3/c1-16(28)27(17-7-4-3-5-8-17)15-20-19-14-26(11-10-21(19)25(2)24-20)22(29)23-13-18-9-6-12-30-18/h3-5,7-8,18H,6,9-15H2,1-2H3,(H,23,29). The smallest absolute Gasteiger partial charge is 0.317 e. The SMILES string of the molecule is CC(=O)N(Cc1nn(C)c2c1CN(C(=O)NCC1CCCO1)CC2)c1ccccc1. The highest BCUT2D eigenvalue weighted by molar-refractivity contribution is 5.91. The molecule has 1 atom stereocenters. The zero-order valence-corrected chi connectivity index (χ0v) is 17.6. The van der Waals surface area contributed by atoms with Crippen LogP contribution in [0.1, 0.15) is 36.7 Å². The second kappa shape index (κ2) is 8.87. The topological polar surface area (TPSA) is 79.7 Å². The number of fused-ring (bicyclic) bond motifs is 1. The summed E-state index contributed by atoms with van der Waals surface area (Å²) in [5.41, 5.74) is 3.84. The zero-order chi connectivity index (χ0) is 21.1. The molecule has 3 heterocycles. The van der Waals surface area contributed by atoms with Crippen LogP contribution < -0.4 is 10.2 Å². The number of hydrogen-bond donors (Lipinski definition) is 1. The lowest BCUT2D eigenvalue weighted by Crippen LogP contribution is -2.45. The maximum absolute atomic E-state index is 12.7. The number of rotatable bonds is 5. The lowest BCUT2D eigenvalue weighted by Gasteiger charge is -2.29. The molecule has 160 valence electrons. The van der Waals surface area contributed by atoms with Crippen molar-refractivity contribution in [1.82, 2.24) is 20.0 Å². The van der Waals surface area contributed by atoms with Gasteiger partial charge in [-0.05, 0) is 25.0 Å².